The molecule has 1 amide bonds. The molecule has 0 radical (unpaired) electrons. The molecular weight excluding hydrogens is 366 g/mol. The zero-order valence-electron chi connectivity index (χ0n) is 17.7. The Balaban J connectivity index is 1.70. The van der Waals surface area contributed by atoms with Crippen molar-refractivity contribution in [3.63, 3.8) is 0 Å². The van der Waals surface area contributed by atoms with Gasteiger partial charge in [-0.3, -0.25) is 9.59 Å². The van der Waals surface area contributed by atoms with E-state index in [1.807, 2.05) is 37.3 Å². The second-order valence-electron chi connectivity index (χ2n) is 8.05. The van der Waals surface area contributed by atoms with Gasteiger partial charge in [0.2, 0.25) is 0 Å². The number of Topliss-reactive ketones (excluding diaryl/α,β-unsaturated/α-hetero) is 1. The summed E-state index contributed by atoms with van der Waals surface area (Å²) in [5, 5.41) is 3.05. The van der Waals surface area contributed by atoms with E-state index in [4.69, 9.17) is 9.47 Å². The molecule has 1 N–H and O–H groups in total. The van der Waals surface area contributed by atoms with Crippen LogP contribution in [0, 0.1) is 12.8 Å². The maximum atomic E-state index is 12.6. The standard InChI is InChI=1S/C24H29NO4/c1-14(2)24(17-7-9-18(28-5)10-8-17)25-21(27)13-29-20-11-6-15(3)22-16(4)12-19(26)23(20)22/h6-11,14,16,24H,12-13H2,1-5H3,(H,25,27)/t16-,24-/m0/s1. The van der Waals surface area contributed by atoms with Crippen LogP contribution in [0.3, 0.4) is 0 Å². The number of aryl methyl sites for hydroxylation is 1. The van der Waals surface area contributed by atoms with E-state index in [0.717, 1.165) is 22.4 Å². The van der Waals surface area contributed by atoms with Gasteiger partial charge in [0.1, 0.15) is 11.5 Å². The van der Waals surface area contributed by atoms with Crippen molar-refractivity contribution in [2.75, 3.05) is 13.7 Å². The highest BCUT2D eigenvalue weighted by atomic mass is 16.5. The summed E-state index contributed by atoms with van der Waals surface area (Å²) in [6.07, 6.45) is 0.496. The summed E-state index contributed by atoms with van der Waals surface area (Å²) in [6, 6.07) is 11.3. The van der Waals surface area contributed by atoms with Crippen LogP contribution in [-0.2, 0) is 4.79 Å². The Morgan fingerprint density at radius 1 is 1.17 bits per heavy atom. The summed E-state index contributed by atoms with van der Waals surface area (Å²) < 4.78 is 11.0. The van der Waals surface area contributed by atoms with E-state index in [0.29, 0.717) is 17.7 Å². The molecule has 0 bridgehead atoms. The lowest BCUT2D eigenvalue weighted by Gasteiger charge is -2.23. The first-order chi connectivity index (χ1) is 13.8. The lowest BCUT2D eigenvalue weighted by molar-refractivity contribution is -0.124. The average molecular weight is 395 g/mol. The van der Waals surface area contributed by atoms with E-state index < -0.39 is 0 Å². The molecule has 2 atom stereocenters. The van der Waals surface area contributed by atoms with Gasteiger partial charge in [0, 0.05) is 6.42 Å². The summed E-state index contributed by atoms with van der Waals surface area (Å²) in [7, 11) is 1.63. The largest absolute Gasteiger partial charge is 0.497 e. The molecule has 2 aromatic rings. The molecule has 5 heteroatoms. The van der Waals surface area contributed by atoms with Crippen molar-refractivity contribution in [1.82, 2.24) is 5.32 Å². The smallest absolute Gasteiger partial charge is 0.258 e. The fraction of sp³-hybridized carbons (Fsp3) is 0.417. The number of carbonyl (C=O) groups is 2. The second-order valence-corrected chi connectivity index (χ2v) is 8.05. The summed E-state index contributed by atoms with van der Waals surface area (Å²) in [6.45, 7) is 8.05. The summed E-state index contributed by atoms with van der Waals surface area (Å²) in [5.41, 5.74) is 3.79. The SMILES string of the molecule is COc1ccc([C@@H](NC(=O)COc2ccc(C)c3c2C(=O)C[C@@H]3C)C(C)C)cc1. The van der Waals surface area contributed by atoms with Crippen molar-refractivity contribution in [2.45, 2.75) is 46.1 Å². The van der Waals surface area contributed by atoms with Crippen LogP contribution in [-0.4, -0.2) is 25.4 Å². The molecule has 0 saturated heterocycles. The van der Waals surface area contributed by atoms with Crippen LogP contribution in [0.1, 0.15) is 66.2 Å². The predicted molar refractivity (Wildman–Crippen MR) is 113 cm³/mol. The third-order valence-corrected chi connectivity index (χ3v) is 5.51. The number of fused-ring (bicyclic) bond motifs is 1. The molecule has 3 rings (SSSR count). The molecule has 0 spiro atoms. The number of methoxy groups -OCH3 is 1. The highest BCUT2D eigenvalue weighted by Crippen LogP contribution is 2.40. The lowest BCUT2D eigenvalue weighted by Crippen LogP contribution is -2.35. The number of benzene rings is 2. The van der Waals surface area contributed by atoms with E-state index in [9.17, 15) is 9.59 Å². The normalized spacial score (nSPS) is 16.5. The molecule has 0 unspecified atom stereocenters. The Bertz CT molecular complexity index is 902. The number of nitrogens with one attached hydrogen (secondary N) is 1. The van der Waals surface area contributed by atoms with Gasteiger partial charge in [-0.25, -0.2) is 0 Å². The number of rotatable bonds is 7. The van der Waals surface area contributed by atoms with E-state index >= 15 is 0 Å². The van der Waals surface area contributed by atoms with Gasteiger partial charge in [-0.05, 0) is 53.6 Å². The Hall–Kier alpha value is -2.82. The Kier molecular flexibility index (Phi) is 6.26. The van der Waals surface area contributed by atoms with Gasteiger partial charge in [-0.15, -0.1) is 0 Å². The second kappa shape index (κ2) is 8.68. The van der Waals surface area contributed by atoms with Gasteiger partial charge in [0.15, 0.2) is 12.4 Å². The topological polar surface area (TPSA) is 64.6 Å². The highest BCUT2D eigenvalue weighted by molar-refractivity contribution is 6.04. The van der Waals surface area contributed by atoms with E-state index in [-0.39, 0.29) is 36.2 Å². The molecule has 5 nitrogen and oxygen atoms in total. The first-order valence-electron chi connectivity index (χ1n) is 10.0. The maximum Gasteiger partial charge on any atom is 0.258 e. The quantitative estimate of drug-likeness (QED) is 0.745. The molecular formula is C24H29NO4. The fourth-order valence-electron chi connectivity index (χ4n) is 4.03. The van der Waals surface area contributed by atoms with Gasteiger partial charge in [0.05, 0.1) is 18.7 Å². The molecule has 0 aromatic heterocycles. The zero-order valence-corrected chi connectivity index (χ0v) is 17.7. The van der Waals surface area contributed by atoms with Crippen molar-refractivity contribution in [3.05, 3.63) is 58.7 Å². The highest BCUT2D eigenvalue weighted by Gasteiger charge is 2.31. The molecule has 1 aliphatic rings. The van der Waals surface area contributed by atoms with Crippen LogP contribution < -0.4 is 14.8 Å². The molecule has 0 aliphatic heterocycles. The number of hydrogen-bond donors (Lipinski definition) is 1. The lowest BCUT2D eigenvalue weighted by atomic mass is 9.96. The average Bonchev–Trinajstić information content (AvgIpc) is 3.00. The monoisotopic (exact) mass is 395 g/mol. The van der Waals surface area contributed by atoms with Gasteiger partial charge in [-0.2, -0.15) is 0 Å². The van der Waals surface area contributed by atoms with Gasteiger partial charge >= 0.3 is 0 Å². The van der Waals surface area contributed by atoms with Gasteiger partial charge in [0.25, 0.3) is 5.91 Å². The minimum Gasteiger partial charge on any atom is -0.497 e. The van der Waals surface area contributed by atoms with Crippen molar-refractivity contribution in [3.8, 4) is 11.5 Å². The minimum atomic E-state index is -0.215. The summed E-state index contributed by atoms with van der Waals surface area (Å²) >= 11 is 0. The van der Waals surface area contributed by atoms with Crippen LogP contribution in [0.15, 0.2) is 36.4 Å². The van der Waals surface area contributed by atoms with Crippen molar-refractivity contribution in [1.29, 1.82) is 0 Å². The molecule has 0 fully saturated rings. The third kappa shape index (κ3) is 4.44. The molecule has 1 aliphatic carbocycles. The van der Waals surface area contributed by atoms with E-state index in [1.54, 1.807) is 13.2 Å². The number of carbonyl (C=O) groups excluding carboxylic acids is 2. The number of amides is 1. The predicted octanol–water partition coefficient (Wildman–Crippen LogP) is 4.59. The first-order valence-corrected chi connectivity index (χ1v) is 10.0. The maximum absolute atomic E-state index is 12.6. The Morgan fingerprint density at radius 3 is 2.48 bits per heavy atom. The van der Waals surface area contributed by atoms with Crippen LogP contribution in [0.4, 0.5) is 0 Å². The number of ether oxygens (including phenoxy) is 2. The van der Waals surface area contributed by atoms with Crippen LogP contribution >= 0.6 is 0 Å². The van der Waals surface area contributed by atoms with Gasteiger partial charge in [-0.1, -0.05) is 39.0 Å². The van der Waals surface area contributed by atoms with Crippen LogP contribution in [0.5, 0.6) is 11.5 Å². The van der Waals surface area contributed by atoms with Crippen LogP contribution in [0.2, 0.25) is 0 Å². The zero-order chi connectivity index (χ0) is 21.1. The minimum absolute atomic E-state index is 0.0879. The molecule has 0 saturated carbocycles. The van der Waals surface area contributed by atoms with E-state index in [1.165, 1.54) is 0 Å². The van der Waals surface area contributed by atoms with Crippen molar-refractivity contribution >= 4 is 11.7 Å². The summed E-state index contributed by atoms with van der Waals surface area (Å²) in [5.74, 6) is 1.55. The number of ketones is 1. The van der Waals surface area contributed by atoms with E-state index in [2.05, 4.69) is 26.1 Å². The summed E-state index contributed by atoms with van der Waals surface area (Å²) in [4.78, 5) is 25.0. The van der Waals surface area contributed by atoms with Crippen molar-refractivity contribution in [2.24, 2.45) is 5.92 Å². The first kappa shape index (κ1) is 20.9. The Labute approximate surface area is 172 Å². The van der Waals surface area contributed by atoms with Gasteiger partial charge < -0.3 is 14.8 Å². The molecule has 154 valence electrons. The van der Waals surface area contributed by atoms with Crippen molar-refractivity contribution < 1.29 is 19.1 Å². The molecule has 29 heavy (non-hydrogen) atoms. The molecule has 2 aromatic carbocycles. The van der Waals surface area contributed by atoms with Crippen LogP contribution in [0.25, 0.3) is 0 Å². The molecule has 0 heterocycles. The fourth-order valence-corrected chi connectivity index (χ4v) is 4.03. The third-order valence-electron chi connectivity index (χ3n) is 5.51. The number of hydrogen-bond acceptors (Lipinski definition) is 4. The Morgan fingerprint density at radius 2 is 1.86 bits per heavy atom.